The van der Waals surface area contributed by atoms with Crippen molar-refractivity contribution in [1.29, 1.82) is 0 Å². The molecule has 0 spiro atoms. The van der Waals surface area contributed by atoms with Gasteiger partial charge in [-0.3, -0.25) is 4.99 Å². The van der Waals surface area contributed by atoms with Crippen molar-refractivity contribution in [3.8, 4) is 0 Å². The highest BCUT2D eigenvalue weighted by Crippen LogP contribution is 2.26. The van der Waals surface area contributed by atoms with E-state index in [9.17, 15) is 0 Å². The van der Waals surface area contributed by atoms with Crippen molar-refractivity contribution in [1.82, 2.24) is 10.6 Å². The lowest BCUT2D eigenvalue weighted by Crippen LogP contribution is -2.37. The minimum absolute atomic E-state index is 0. The van der Waals surface area contributed by atoms with Crippen molar-refractivity contribution >= 4 is 47.0 Å². The maximum absolute atomic E-state index is 4.31. The van der Waals surface area contributed by atoms with E-state index < -0.39 is 0 Å². The van der Waals surface area contributed by atoms with Crippen LogP contribution in [0.2, 0.25) is 0 Å². The molecule has 0 bridgehead atoms. The number of guanidine groups is 1. The molecule has 6 heteroatoms. The summed E-state index contributed by atoms with van der Waals surface area (Å²) >= 11 is 1.80. The molecule has 0 saturated heterocycles. The monoisotopic (exact) mass is 470 g/mol. The largest absolute Gasteiger partial charge is 0.374 e. The van der Waals surface area contributed by atoms with Gasteiger partial charge in [0.2, 0.25) is 0 Å². The summed E-state index contributed by atoms with van der Waals surface area (Å²) in [5.41, 5.74) is 4.15. The number of halogens is 1. The molecule has 3 rings (SSSR count). The van der Waals surface area contributed by atoms with Gasteiger partial charge in [-0.1, -0.05) is 18.2 Å². The second-order valence-electron chi connectivity index (χ2n) is 6.17. The quantitative estimate of drug-likeness (QED) is 0.398. The van der Waals surface area contributed by atoms with Crippen LogP contribution in [0.1, 0.15) is 22.4 Å². The molecule has 1 aliphatic heterocycles. The molecule has 0 aliphatic carbocycles. The number of rotatable bonds is 5. The average Bonchev–Trinajstić information content (AvgIpc) is 3.11. The molecule has 0 radical (unpaired) electrons. The Hall–Kier alpha value is -1.28. The minimum Gasteiger partial charge on any atom is -0.374 e. The highest BCUT2D eigenvalue weighted by molar-refractivity contribution is 14.0. The fourth-order valence-corrected chi connectivity index (χ4v) is 3.82. The maximum Gasteiger partial charge on any atom is 0.191 e. The van der Waals surface area contributed by atoms with Crippen LogP contribution in [0.25, 0.3) is 0 Å². The van der Waals surface area contributed by atoms with E-state index >= 15 is 0 Å². The topological polar surface area (TPSA) is 39.7 Å². The van der Waals surface area contributed by atoms with Gasteiger partial charge in [-0.2, -0.15) is 0 Å². The number of thiophene rings is 1. The molecule has 1 aromatic carbocycles. The van der Waals surface area contributed by atoms with E-state index in [1.807, 2.05) is 7.05 Å². The average molecular weight is 470 g/mol. The lowest BCUT2D eigenvalue weighted by Gasteiger charge is -2.28. The van der Waals surface area contributed by atoms with Crippen molar-refractivity contribution in [2.75, 3.05) is 32.1 Å². The van der Waals surface area contributed by atoms with Crippen LogP contribution in [0.4, 0.5) is 5.69 Å². The molecule has 0 unspecified atom stereocenters. The molecular weight excluding hydrogens is 443 g/mol. The summed E-state index contributed by atoms with van der Waals surface area (Å²) in [5.74, 6) is 0.862. The van der Waals surface area contributed by atoms with E-state index in [1.165, 1.54) is 34.5 Å². The van der Waals surface area contributed by atoms with Gasteiger partial charge in [0, 0.05) is 44.3 Å². The first-order valence-electron chi connectivity index (χ1n) is 8.56. The Balaban J connectivity index is 0.00000225. The number of aryl methyl sites for hydroxylation is 1. The summed E-state index contributed by atoms with van der Waals surface area (Å²) in [5, 5.41) is 8.92. The fourth-order valence-electron chi connectivity index (χ4n) is 3.11. The summed E-state index contributed by atoms with van der Waals surface area (Å²) < 4.78 is 0. The number of nitrogens with one attached hydrogen (secondary N) is 2. The standard InChI is InChI=1S/C19H26N4S.HI/c1-20-19(21-10-9-17-6-4-12-24-17)22-14-15-7-8-18-16(13-15)5-3-11-23(18)2;/h4,6-8,12-13H,3,5,9-11,14H2,1-2H3,(H2,20,21,22);1H. The number of anilines is 1. The zero-order valence-electron chi connectivity index (χ0n) is 14.9. The van der Waals surface area contributed by atoms with Crippen molar-refractivity contribution in [2.45, 2.75) is 25.8 Å². The smallest absolute Gasteiger partial charge is 0.191 e. The van der Waals surface area contributed by atoms with Gasteiger partial charge in [0.05, 0.1) is 0 Å². The van der Waals surface area contributed by atoms with Crippen LogP contribution >= 0.6 is 35.3 Å². The first-order chi connectivity index (χ1) is 11.8. The van der Waals surface area contributed by atoms with E-state index in [0.717, 1.165) is 32.0 Å². The Morgan fingerprint density at radius 3 is 2.92 bits per heavy atom. The second kappa shape index (κ2) is 10.0. The van der Waals surface area contributed by atoms with E-state index in [-0.39, 0.29) is 24.0 Å². The molecule has 25 heavy (non-hydrogen) atoms. The van der Waals surface area contributed by atoms with Crippen LogP contribution in [0, 0.1) is 0 Å². The Morgan fingerprint density at radius 2 is 2.16 bits per heavy atom. The van der Waals surface area contributed by atoms with Crippen molar-refractivity contribution in [2.24, 2.45) is 4.99 Å². The molecular formula is C19H27IN4S. The summed E-state index contributed by atoms with van der Waals surface area (Å²) in [4.78, 5) is 8.06. The van der Waals surface area contributed by atoms with Gasteiger partial charge in [0.15, 0.2) is 5.96 Å². The minimum atomic E-state index is 0. The first kappa shape index (κ1) is 20.0. The summed E-state index contributed by atoms with van der Waals surface area (Å²) in [6.07, 6.45) is 3.46. The van der Waals surface area contributed by atoms with Crippen LogP contribution in [-0.4, -0.2) is 33.1 Å². The van der Waals surface area contributed by atoms with E-state index in [1.54, 1.807) is 11.3 Å². The summed E-state index contributed by atoms with van der Waals surface area (Å²) in [6.45, 7) is 2.86. The van der Waals surface area contributed by atoms with Gasteiger partial charge in [-0.25, -0.2) is 0 Å². The number of nitrogens with zero attached hydrogens (tertiary/aromatic N) is 2. The fraction of sp³-hybridized carbons (Fsp3) is 0.421. The van der Waals surface area contributed by atoms with Crippen molar-refractivity contribution in [3.05, 3.63) is 51.7 Å². The third-order valence-corrected chi connectivity index (χ3v) is 5.36. The molecule has 0 fully saturated rings. The molecule has 136 valence electrons. The zero-order valence-corrected chi connectivity index (χ0v) is 18.1. The van der Waals surface area contributed by atoms with E-state index in [0.29, 0.717) is 0 Å². The first-order valence-corrected chi connectivity index (χ1v) is 9.44. The number of benzene rings is 1. The molecule has 0 saturated carbocycles. The molecule has 0 amide bonds. The molecule has 2 aromatic rings. The molecule has 2 N–H and O–H groups in total. The molecule has 0 atom stereocenters. The SMILES string of the molecule is CN=C(NCCc1cccs1)NCc1ccc2c(c1)CCCN2C.I. The van der Waals surface area contributed by atoms with Gasteiger partial charge in [0.25, 0.3) is 0 Å². The molecule has 1 aliphatic rings. The van der Waals surface area contributed by atoms with Gasteiger partial charge >= 0.3 is 0 Å². The predicted molar refractivity (Wildman–Crippen MR) is 120 cm³/mol. The van der Waals surface area contributed by atoms with Crippen LogP contribution < -0.4 is 15.5 Å². The third-order valence-electron chi connectivity index (χ3n) is 4.42. The maximum atomic E-state index is 4.31. The molecule has 1 aromatic heterocycles. The zero-order chi connectivity index (χ0) is 16.8. The van der Waals surface area contributed by atoms with Crippen LogP contribution in [-0.2, 0) is 19.4 Å². The van der Waals surface area contributed by atoms with Crippen LogP contribution in [0.5, 0.6) is 0 Å². The summed E-state index contributed by atoms with van der Waals surface area (Å²) in [7, 11) is 4.00. The van der Waals surface area contributed by atoms with E-state index in [4.69, 9.17) is 0 Å². The third kappa shape index (κ3) is 5.60. The molecule has 4 nitrogen and oxygen atoms in total. The molecule has 2 heterocycles. The predicted octanol–water partition coefficient (Wildman–Crippen LogP) is 3.66. The van der Waals surface area contributed by atoms with Gasteiger partial charge in [-0.05, 0) is 47.9 Å². The lowest BCUT2D eigenvalue weighted by atomic mass is 9.99. The van der Waals surface area contributed by atoms with Gasteiger partial charge in [-0.15, -0.1) is 35.3 Å². The lowest BCUT2D eigenvalue weighted by molar-refractivity contribution is 0.740. The van der Waals surface area contributed by atoms with Crippen molar-refractivity contribution in [3.63, 3.8) is 0 Å². The van der Waals surface area contributed by atoms with Crippen molar-refractivity contribution < 1.29 is 0 Å². The van der Waals surface area contributed by atoms with Crippen LogP contribution in [0.15, 0.2) is 40.7 Å². The normalized spacial score (nSPS) is 13.8. The van der Waals surface area contributed by atoms with Crippen LogP contribution in [0.3, 0.4) is 0 Å². The number of hydrogen-bond donors (Lipinski definition) is 2. The Labute approximate surface area is 171 Å². The van der Waals surface area contributed by atoms with Gasteiger partial charge < -0.3 is 15.5 Å². The Bertz CT molecular complexity index is 685. The summed E-state index contributed by atoms with van der Waals surface area (Å²) in [6, 6.07) is 11.1. The Morgan fingerprint density at radius 1 is 1.28 bits per heavy atom. The van der Waals surface area contributed by atoms with Gasteiger partial charge in [0.1, 0.15) is 0 Å². The highest BCUT2D eigenvalue weighted by Gasteiger charge is 2.13. The van der Waals surface area contributed by atoms with E-state index in [2.05, 4.69) is 63.3 Å². The second-order valence-corrected chi connectivity index (χ2v) is 7.20. The number of hydrogen-bond acceptors (Lipinski definition) is 3. The Kier molecular flexibility index (Phi) is 8.02. The highest BCUT2D eigenvalue weighted by atomic mass is 127. The number of fused-ring (bicyclic) bond motifs is 1. The number of aliphatic imine (C=N–C) groups is 1.